The van der Waals surface area contributed by atoms with E-state index in [-0.39, 0.29) is 0 Å². The summed E-state index contributed by atoms with van der Waals surface area (Å²) in [6.45, 7) is 6.94. The molecule has 0 amide bonds. The van der Waals surface area contributed by atoms with Crippen LogP contribution in [0.25, 0.3) is 0 Å². The third kappa shape index (κ3) is 3.80. The van der Waals surface area contributed by atoms with Crippen molar-refractivity contribution in [3.05, 3.63) is 0 Å². The van der Waals surface area contributed by atoms with E-state index >= 15 is 0 Å². The normalized spacial score (nSPS) is 27.8. The van der Waals surface area contributed by atoms with Crippen LogP contribution in [-0.2, 0) is 4.74 Å². The lowest BCUT2D eigenvalue weighted by molar-refractivity contribution is 0.0394. The quantitative estimate of drug-likeness (QED) is 0.525. The van der Waals surface area contributed by atoms with Crippen molar-refractivity contribution in [3.8, 4) is 11.8 Å². The first-order valence-electron chi connectivity index (χ1n) is 5.05. The summed E-state index contributed by atoms with van der Waals surface area (Å²) in [5.74, 6) is 6.60. The Bertz CT molecular complexity index is 192. The van der Waals surface area contributed by atoms with Gasteiger partial charge in [0.2, 0.25) is 0 Å². The van der Waals surface area contributed by atoms with E-state index in [4.69, 9.17) is 4.74 Å². The number of ether oxygens (including phenoxy) is 1. The zero-order valence-corrected chi connectivity index (χ0v) is 8.60. The molecule has 1 aliphatic heterocycles. The minimum absolute atomic E-state index is 0.632. The predicted octanol–water partition coefficient (Wildman–Crippen LogP) is 1.41. The summed E-state index contributed by atoms with van der Waals surface area (Å²) in [4.78, 5) is 0. The van der Waals surface area contributed by atoms with Gasteiger partial charge in [-0.1, -0.05) is 6.92 Å². The highest BCUT2D eigenvalue weighted by Gasteiger charge is 2.20. The molecule has 0 saturated carbocycles. The van der Waals surface area contributed by atoms with Crippen LogP contribution in [0.15, 0.2) is 0 Å². The van der Waals surface area contributed by atoms with Crippen LogP contribution in [-0.4, -0.2) is 25.8 Å². The van der Waals surface area contributed by atoms with Crippen molar-refractivity contribution in [2.75, 3.05) is 19.8 Å². The van der Waals surface area contributed by atoms with Crippen LogP contribution in [0.5, 0.6) is 0 Å². The molecular formula is C11H19NO. The lowest BCUT2D eigenvalue weighted by Crippen LogP contribution is -2.41. The van der Waals surface area contributed by atoms with Gasteiger partial charge >= 0.3 is 0 Å². The molecular weight excluding hydrogens is 162 g/mol. The molecule has 0 aromatic heterocycles. The van der Waals surface area contributed by atoms with E-state index in [2.05, 4.69) is 24.1 Å². The third-order valence-electron chi connectivity index (χ3n) is 2.47. The maximum atomic E-state index is 5.37. The van der Waals surface area contributed by atoms with Crippen LogP contribution >= 0.6 is 0 Å². The number of nitrogens with one attached hydrogen (secondary N) is 1. The van der Waals surface area contributed by atoms with Crippen molar-refractivity contribution >= 4 is 0 Å². The Morgan fingerprint density at radius 1 is 1.54 bits per heavy atom. The second kappa shape index (κ2) is 6.01. The maximum Gasteiger partial charge on any atom is 0.0506 e. The SMILES string of the molecule is CC#CCCNC1CCOCC1C. The standard InChI is InChI=1S/C11H19NO/c1-3-4-5-7-12-11-6-8-13-9-10(11)2/h10-12H,5-9H2,1-2H3. The monoisotopic (exact) mass is 181 g/mol. The minimum atomic E-state index is 0.632. The van der Waals surface area contributed by atoms with Gasteiger partial charge in [0.25, 0.3) is 0 Å². The highest BCUT2D eigenvalue weighted by molar-refractivity contribution is 4.95. The summed E-state index contributed by atoms with van der Waals surface area (Å²) >= 11 is 0. The molecule has 13 heavy (non-hydrogen) atoms. The zero-order valence-electron chi connectivity index (χ0n) is 8.60. The van der Waals surface area contributed by atoms with Crippen LogP contribution in [0.4, 0.5) is 0 Å². The molecule has 1 aliphatic rings. The van der Waals surface area contributed by atoms with E-state index in [1.165, 1.54) is 0 Å². The Kier molecular flexibility index (Phi) is 4.88. The number of hydrogen-bond acceptors (Lipinski definition) is 2. The van der Waals surface area contributed by atoms with Crippen LogP contribution in [0, 0.1) is 17.8 Å². The van der Waals surface area contributed by atoms with Crippen LogP contribution in [0.1, 0.15) is 26.7 Å². The van der Waals surface area contributed by atoms with Crippen molar-refractivity contribution in [1.82, 2.24) is 5.32 Å². The fraction of sp³-hybridized carbons (Fsp3) is 0.818. The maximum absolute atomic E-state index is 5.37. The van der Waals surface area contributed by atoms with E-state index in [0.717, 1.165) is 32.6 Å². The molecule has 0 spiro atoms. The van der Waals surface area contributed by atoms with Crippen LogP contribution in [0.3, 0.4) is 0 Å². The molecule has 2 nitrogen and oxygen atoms in total. The second-order valence-electron chi connectivity index (χ2n) is 3.58. The van der Waals surface area contributed by atoms with Gasteiger partial charge in [0, 0.05) is 25.6 Å². The van der Waals surface area contributed by atoms with Crippen molar-refractivity contribution in [3.63, 3.8) is 0 Å². The Labute approximate surface area is 81.0 Å². The molecule has 2 unspecified atom stereocenters. The second-order valence-corrected chi connectivity index (χ2v) is 3.58. The molecule has 1 N–H and O–H groups in total. The molecule has 0 aromatic rings. The average Bonchev–Trinajstić information content (AvgIpc) is 2.15. The van der Waals surface area contributed by atoms with Crippen LogP contribution < -0.4 is 5.32 Å². The molecule has 0 radical (unpaired) electrons. The summed E-state index contributed by atoms with van der Waals surface area (Å²) < 4.78 is 5.37. The lowest BCUT2D eigenvalue weighted by atomic mass is 9.98. The molecule has 0 bridgehead atoms. The van der Waals surface area contributed by atoms with Gasteiger partial charge in [-0.25, -0.2) is 0 Å². The van der Waals surface area contributed by atoms with Gasteiger partial charge in [-0.05, 0) is 19.3 Å². The van der Waals surface area contributed by atoms with Gasteiger partial charge in [-0.15, -0.1) is 11.8 Å². The molecule has 2 atom stereocenters. The Morgan fingerprint density at radius 2 is 2.38 bits per heavy atom. The average molecular weight is 181 g/mol. The van der Waals surface area contributed by atoms with E-state index in [1.807, 2.05) is 6.92 Å². The fourth-order valence-electron chi connectivity index (χ4n) is 1.63. The minimum Gasteiger partial charge on any atom is -0.381 e. The molecule has 1 heterocycles. The summed E-state index contributed by atoms with van der Waals surface area (Å²) in [5.41, 5.74) is 0. The van der Waals surface area contributed by atoms with Crippen molar-refractivity contribution < 1.29 is 4.74 Å². The first-order valence-corrected chi connectivity index (χ1v) is 5.05. The van der Waals surface area contributed by atoms with E-state index in [0.29, 0.717) is 12.0 Å². The molecule has 74 valence electrons. The van der Waals surface area contributed by atoms with E-state index < -0.39 is 0 Å². The zero-order chi connectivity index (χ0) is 9.52. The molecule has 0 aliphatic carbocycles. The summed E-state index contributed by atoms with van der Waals surface area (Å²) in [6, 6.07) is 0.632. The molecule has 1 saturated heterocycles. The largest absolute Gasteiger partial charge is 0.381 e. The first-order chi connectivity index (χ1) is 6.34. The van der Waals surface area contributed by atoms with Gasteiger partial charge in [-0.2, -0.15) is 0 Å². The van der Waals surface area contributed by atoms with Gasteiger partial charge in [-0.3, -0.25) is 0 Å². The van der Waals surface area contributed by atoms with E-state index in [9.17, 15) is 0 Å². The molecule has 2 heteroatoms. The van der Waals surface area contributed by atoms with Crippen LogP contribution in [0.2, 0.25) is 0 Å². The summed E-state index contributed by atoms with van der Waals surface area (Å²) in [5, 5.41) is 3.52. The van der Waals surface area contributed by atoms with Crippen molar-refractivity contribution in [2.45, 2.75) is 32.7 Å². The Hall–Kier alpha value is -0.520. The van der Waals surface area contributed by atoms with Crippen molar-refractivity contribution in [2.24, 2.45) is 5.92 Å². The molecule has 1 rings (SSSR count). The van der Waals surface area contributed by atoms with Gasteiger partial charge < -0.3 is 10.1 Å². The molecule has 1 fully saturated rings. The van der Waals surface area contributed by atoms with Gasteiger partial charge in [0.1, 0.15) is 0 Å². The number of hydrogen-bond donors (Lipinski definition) is 1. The van der Waals surface area contributed by atoms with E-state index in [1.54, 1.807) is 0 Å². The highest BCUT2D eigenvalue weighted by Crippen LogP contribution is 2.13. The first kappa shape index (κ1) is 10.6. The highest BCUT2D eigenvalue weighted by atomic mass is 16.5. The topological polar surface area (TPSA) is 21.3 Å². The Morgan fingerprint density at radius 3 is 3.08 bits per heavy atom. The predicted molar refractivity (Wildman–Crippen MR) is 54.5 cm³/mol. The number of rotatable bonds is 3. The Balaban J connectivity index is 2.14. The van der Waals surface area contributed by atoms with Crippen molar-refractivity contribution in [1.29, 1.82) is 0 Å². The fourth-order valence-corrected chi connectivity index (χ4v) is 1.63. The summed E-state index contributed by atoms with van der Waals surface area (Å²) in [6.07, 6.45) is 2.10. The smallest absolute Gasteiger partial charge is 0.0506 e. The summed E-state index contributed by atoms with van der Waals surface area (Å²) in [7, 11) is 0. The van der Waals surface area contributed by atoms with Gasteiger partial charge in [0.15, 0.2) is 0 Å². The lowest BCUT2D eigenvalue weighted by Gasteiger charge is -2.29. The third-order valence-corrected chi connectivity index (χ3v) is 2.47. The molecule has 0 aromatic carbocycles. The van der Waals surface area contributed by atoms with Gasteiger partial charge in [0.05, 0.1) is 6.61 Å².